The van der Waals surface area contributed by atoms with Crippen LogP contribution in [0, 0.1) is 0 Å². The molecule has 96 valence electrons. The summed E-state index contributed by atoms with van der Waals surface area (Å²) in [6, 6.07) is 16.9. The van der Waals surface area contributed by atoms with E-state index in [1.807, 2.05) is 11.8 Å². The highest BCUT2D eigenvalue weighted by Gasteiger charge is 2.12. The second kappa shape index (κ2) is 5.43. The van der Waals surface area contributed by atoms with Crippen LogP contribution in [-0.2, 0) is 0 Å². The smallest absolute Gasteiger partial charge is 0.0458 e. The van der Waals surface area contributed by atoms with Crippen molar-refractivity contribution in [1.82, 2.24) is 4.98 Å². The Kier molecular flexibility index (Phi) is 3.67. The molecule has 0 amide bonds. The molecule has 0 radical (unpaired) electrons. The zero-order valence-electron chi connectivity index (χ0n) is 10.6. The van der Waals surface area contributed by atoms with E-state index >= 15 is 0 Å². The fourth-order valence-electron chi connectivity index (χ4n) is 2.22. The maximum absolute atomic E-state index is 3.55. The van der Waals surface area contributed by atoms with E-state index in [2.05, 4.69) is 82.6 Å². The van der Waals surface area contributed by atoms with Crippen LogP contribution in [0.4, 0.5) is 0 Å². The molecule has 1 N–H and O–H groups in total. The first-order valence-electron chi connectivity index (χ1n) is 6.22. The topological polar surface area (TPSA) is 15.8 Å². The van der Waals surface area contributed by atoms with Crippen LogP contribution in [0.5, 0.6) is 0 Å². The molecule has 0 bridgehead atoms. The Morgan fingerprint density at radius 3 is 2.68 bits per heavy atom. The molecular weight excluding hydrogens is 318 g/mol. The van der Waals surface area contributed by atoms with Crippen LogP contribution < -0.4 is 0 Å². The third-order valence-electron chi connectivity index (χ3n) is 3.17. The summed E-state index contributed by atoms with van der Waals surface area (Å²) in [6.07, 6.45) is 2.12. The molecule has 0 aliphatic rings. The van der Waals surface area contributed by atoms with Gasteiger partial charge in [0.25, 0.3) is 0 Å². The van der Waals surface area contributed by atoms with Gasteiger partial charge in [0.1, 0.15) is 0 Å². The number of fused-ring (bicyclic) bond motifs is 1. The lowest BCUT2D eigenvalue weighted by atomic mass is 10.1. The number of hydrogen-bond donors (Lipinski definition) is 1. The highest BCUT2D eigenvalue weighted by Crippen LogP contribution is 2.38. The molecule has 0 aliphatic carbocycles. The molecule has 0 aliphatic heterocycles. The van der Waals surface area contributed by atoms with Crippen molar-refractivity contribution in [2.45, 2.75) is 17.1 Å². The van der Waals surface area contributed by atoms with E-state index in [1.54, 1.807) is 0 Å². The Morgan fingerprint density at radius 2 is 1.89 bits per heavy atom. The Morgan fingerprint density at radius 1 is 1.11 bits per heavy atom. The second-order valence-corrected chi connectivity index (χ2v) is 6.84. The van der Waals surface area contributed by atoms with Crippen molar-refractivity contribution in [3.05, 3.63) is 64.8 Å². The molecule has 0 saturated carbocycles. The number of benzene rings is 2. The first kappa shape index (κ1) is 12.8. The van der Waals surface area contributed by atoms with Gasteiger partial charge in [0.15, 0.2) is 0 Å². The largest absolute Gasteiger partial charge is 0.361 e. The highest BCUT2D eigenvalue weighted by molar-refractivity contribution is 9.10. The van der Waals surface area contributed by atoms with E-state index in [4.69, 9.17) is 0 Å². The number of thioether (sulfide) groups is 1. The van der Waals surface area contributed by atoms with Gasteiger partial charge in [-0.15, -0.1) is 11.8 Å². The zero-order chi connectivity index (χ0) is 13.2. The van der Waals surface area contributed by atoms with Crippen LogP contribution >= 0.6 is 27.7 Å². The molecule has 1 nitrogen and oxygen atoms in total. The van der Waals surface area contributed by atoms with Crippen molar-refractivity contribution in [2.24, 2.45) is 0 Å². The Labute approximate surface area is 125 Å². The van der Waals surface area contributed by atoms with Crippen molar-refractivity contribution in [3.8, 4) is 0 Å². The van der Waals surface area contributed by atoms with E-state index in [-0.39, 0.29) is 0 Å². The van der Waals surface area contributed by atoms with Gasteiger partial charge < -0.3 is 4.98 Å². The summed E-state index contributed by atoms with van der Waals surface area (Å²) in [6.45, 7) is 2.25. The summed E-state index contributed by atoms with van der Waals surface area (Å²) in [7, 11) is 0. The molecule has 3 rings (SSSR count). The van der Waals surface area contributed by atoms with Gasteiger partial charge >= 0.3 is 0 Å². The van der Waals surface area contributed by atoms with Crippen LogP contribution in [0.2, 0.25) is 0 Å². The molecule has 3 heteroatoms. The second-order valence-electron chi connectivity index (χ2n) is 4.51. The van der Waals surface area contributed by atoms with Crippen molar-refractivity contribution in [1.29, 1.82) is 0 Å². The fraction of sp³-hybridized carbons (Fsp3) is 0.125. The van der Waals surface area contributed by atoms with E-state index in [0.29, 0.717) is 5.25 Å². The lowest BCUT2D eigenvalue weighted by Gasteiger charge is -2.10. The summed E-state index contributed by atoms with van der Waals surface area (Å²) in [5.74, 6) is 0. The van der Waals surface area contributed by atoms with Gasteiger partial charge in [-0.3, -0.25) is 0 Å². The summed E-state index contributed by atoms with van der Waals surface area (Å²) in [5.41, 5.74) is 2.55. The van der Waals surface area contributed by atoms with Gasteiger partial charge in [-0.2, -0.15) is 0 Å². The first-order chi connectivity index (χ1) is 9.24. The quantitative estimate of drug-likeness (QED) is 0.601. The van der Waals surface area contributed by atoms with Gasteiger partial charge in [-0.1, -0.05) is 34.1 Å². The van der Waals surface area contributed by atoms with Gasteiger partial charge in [-0.25, -0.2) is 0 Å². The number of aromatic amines is 1. The maximum Gasteiger partial charge on any atom is 0.0458 e. The summed E-state index contributed by atoms with van der Waals surface area (Å²) < 4.78 is 1.12. The number of hydrogen-bond acceptors (Lipinski definition) is 1. The fourth-order valence-corrected chi connectivity index (χ4v) is 3.62. The average Bonchev–Trinajstić information content (AvgIpc) is 2.82. The predicted octanol–water partition coefficient (Wildman–Crippen LogP) is 5.78. The molecule has 1 unspecified atom stereocenters. The minimum atomic E-state index is 0.422. The lowest BCUT2D eigenvalue weighted by Crippen LogP contribution is -1.86. The Hall–Kier alpha value is -1.19. The van der Waals surface area contributed by atoms with Gasteiger partial charge in [0, 0.05) is 31.7 Å². The van der Waals surface area contributed by atoms with Crippen LogP contribution in [0.1, 0.15) is 17.7 Å². The average molecular weight is 332 g/mol. The van der Waals surface area contributed by atoms with Gasteiger partial charge in [0.2, 0.25) is 0 Å². The molecule has 2 aromatic carbocycles. The first-order valence-corrected chi connectivity index (χ1v) is 7.89. The van der Waals surface area contributed by atoms with Crippen LogP contribution in [0.3, 0.4) is 0 Å². The molecule has 3 aromatic rings. The summed E-state index contributed by atoms with van der Waals surface area (Å²) in [5, 5.41) is 1.72. The number of H-pyrrole nitrogens is 1. The SMILES string of the molecule is CC(Sc1ccccc1)c1c[nH]c2ccc(Br)cc12. The van der Waals surface area contributed by atoms with Crippen molar-refractivity contribution >= 4 is 38.6 Å². The molecular formula is C16H14BrNS. The predicted molar refractivity (Wildman–Crippen MR) is 86.7 cm³/mol. The third-order valence-corrected chi connectivity index (χ3v) is 4.81. The molecule has 0 spiro atoms. The molecule has 1 atom stereocenters. The van der Waals surface area contributed by atoms with E-state index < -0.39 is 0 Å². The minimum Gasteiger partial charge on any atom is -0.361 e. The normalized spacial score (nSPS) is 12.7. The lowest BCUT2D eigenvalue weighted by molar-refractivity contribution is 1.11. The molecule has 19 heavy (non-hydrogen) atoms. The summed E-state index contributed by atoms with van der Waals surface area (Å²) >= 11 is 5.43. The minimum absolute atomic E-state index is 0.422. The highest BCUT2D eigenvalue weighted by atomic mass is 79.9. The monoisotopic (exact) mass is 331 g/mol. The van der Waals surface area contributed by atoms with Crippen LogP contribution in [0.15, 0.2) is 64.1 Å². The molecule has 1 heterocycles. The zero-order valence-corrected chi connectivity index (χ0v) is 13.0. The number of aromatic nitrogens is 1. The third kappa shape index (κ3) is 2.72. The standard InChI is InChI=1S/C16H14BrNS/c1-11(19-13-5-3-2-4-6-13)15-10-18-16-8-7-12(17)9-14(15)16/h2-11,18H,1H3. The van der Waals surface area contributed by atoms with E-state index in [1.165, 1.54) is 21.4 Å². The van der Waals surface area contributed by atoms with E-state index in [9.17, 15) is 0 Å². The Bertz CT molecular complexity index is 690. The molecule has 0 fully saturated rings. The van der Waals surface area contributed by atoms with Crippen molar-refractivity contribution in [3.63, 3.8) is 0 Å². The van der Waals surface area contributed by atoms with Crippen molar-refractivity contribution in [2.75, 3.05) is 0 Å². The molecule has 1 aromatic heterocycles. The number of rotatable bonds is 3. The number of nitrogens with one attached hydrogen (secondary N) is 1. The van der Waals surface area contributed by atoms with Gasteiger partial charge in [-0.05, 0) is 42.8 Å². The van der Waals surface area contributed by atoms with Crippen LogP contribution in [0.25, 0.3) is 10.9 Å². The Balaban J connectivity index is 1.93. The number of halogens is 1. The van der Waals surface area contributed by atoms with E-state index in [0.717, 1.165) is 4.47 Å². The van der Waals surface area contributed by atoms with Crippen LogP contribution in [-0.4, -0.2) is 4.98 Å². The molecule has 0 saturated heterocycles. The maximum atomic E-state index is 3.55. The van der Waals surface area contributed by atoms with Crippen molar-refractivity contribution < 1.29 is 0 Å². The summed E-state index contributed by atoms with van der Waals surface area (Å²) in [4.78, 5) is 4.65. The van der Waals surface area contributed by atoms with Gasteiger partial charge in [0.05, 0.1) is 0 Å².